The Bertz CT molecular complexity index is 546. The smallest absolute Gasteiger partial charge is 0.215 e. The van der Waals surface area contributed by atoms with Crippen LogP contribution < -0.4 is 5.73 Å². The van der Waals surface area contributed by atoms with E-state index in [0.29, 0.717) is 5.56 Å². The molecule has 0 aromatic carbocycles. The number of halogens is 3. The summed E-state index contributed by atoms with van der Waals surface area (Å²) in [7, 11) is 0. The molecule has 0 amide bonds. The van der Waals surface area contributed by atoms with Crippen LogP contribution in [0.1, 0.15) is 0 Å². The fraction of sp³-hybridized carbons (Fsp3) is 0. The molecule has 0 atom stereocenters. The minimum atomic E-state index is -0.850. The lowest BCUT2D eigenvalue weighted by Gasteiger charge is -2.04. The van der Waals surface area contributed by atoms with Crippen molar-refractivity contribution >= 4 is 17.4 Å². The lowest BCUT2D eigenvalue weighted by atomic mass is 10.1. The van der Waals surface area contributed by atoms with Crippen molar-refractivity contribution in [3.05, 3.63) is 41.2 Å². The number of rotatable bonds is 1. The quantitative estimate of drug-likeness (QED) is 0.781. The summed E-state index contributed by atoms with van der Waals surface area (Å²) in [6.07, 6.45) is 1.38. The first-order valence-electron chi connectivity index (χ1n) is 4.31. The molecular formula is C10H6ClF2N3. The standard InChI is InChI=1S/C10H6ClF2N3/c11-6-4-7(12)16-10(9(6)13)5-1-2-15-8(14)3-5/h1-4H,(H2,14,15). The van der Waals surface area contributed by atoms with Crippen LogP contribution in [0.2, 0.25) is 5.02 Å². The van der Waals surface area contributed by atoms with Gasteiger partial charge < -0.3 is 5.73 Å². The minimum absolute atomic E-state index is 0.181. The number of anilines is 1. The van der Waals surface area contributed by atoms with Gasteiger partial charge in [0.1, 0.15) is 11.5 Å². The molecule has 0 spiro atoms. The molecule has 16 heavy (non-hydrogen) atoms. The summed E-state index contributed by atoms with van der Waals surface area (Å²) in [6, 6.07) is 3.67. The summed E-state index contributed by atoms with van der Waals surface area (Å²) in [5.74, 6) is -1.44. The Morgan fingerprint density at radius 3 is 2.69 bits per heavy atom. The van der Waals surface area contributed by atoms with E-state index in [2.05, 4.69) is 9.97 Å². The number of hydrogen-bond acceptors (Lipinski definition) is 3. The average molecular weight is 242 g/mol. The highest BCUT2D eigenvalue weighted by Crippen LogP contribution is 2.26. The van der Waals surface area contributed by atoms with Gasteiger partial charge in [-0.25, -0.2) is 14.4 Å². The lowest BCUT2D eigenvalue weighted by molar-refractivity contribution is 0.564. The molecule has 0 saturated heterocycles. The van der Waals surface area contributed by atoms with E-state index in [4.69, 9.17) is 17.3 Å². The van der Waals surface area contributed by atoms with Crippen LogP contribution in [0.25, 0.3) is 11.3 Å². The predicted octanol–water partition coefficient (Wildman–Crippen LogP) is 2.66. The molecule has 2 rings (SSSR count). The SMILES string of the molecule is Nc1cc(-c2nc(F)cc(Cl)c2F)ccn1. The second kappa shape index (κ2) is 4.02. The van der Waals surface area contributed by atoms with Crippen molar-refractivity contribution in [1.29, 1.82) is 0 Å². The molecule has 2 N–H and O–H groups in total. The zero-order chi connectivity index (χ0) is 11.7. The van der Waals surface area contributed by atoms with E-state index in [-0.39, 0.29) is 16.5 Å². The van der Waals surface area contributed by atoms with E-state index in [0.717, 1.165) is 6.07 Å². The van der Waals surface area contributed by atoms with E-state index < -0.39 is 11.8 Å². The fourth-order valence-electron chi connectivity index (χ4n) is 1.26. The lowest BCUT2D eigenvalue weighted by Crippen LogP contribution is -1.96. The molecular weight excluding hydrogens is 236 g/mol. The summed E-state index contributed by atoms with van der Waals surface area (Å²) >= 11 is 5.51. The topological polar surface area (TPSA) is 51.8 Å². The zero-order valence-corrected chi connectivity index (χ0v) is 8.67. The van der Waals surface area contributed by atoms with Crippen molar-refractivity contribution in [3.63, 3.8) is 0 Å². The van der Waals surface area contributed by atoms with Gasteiger partial charge in [0, 0.05) is 17.8 Å². The monoisotopic (exact) mass is 241 g/mol. The first-order valence-corrected chi connectivity index (χ1v) is 4.69. The molecule has 2 aromatic heterocycles. The summed E-state index contributed by atoms with van der Waals surface area (Å²) in [5.41, 5.74) is 5.58. The molecule has 0 aliphatic carbocycles. The Kier molecular flexibility index (Phi) is 2.70. The maximum absolute atomic E-state index is 13.6. The Morgan fingerprint density at radius 1 is 1.25 bits per heavy atom. The number of pyridine rings is 2. The highest BCUT2D eigenvalue weighted by Gasteiger charge is 2.13. The van der Waals surface area contributed by atoms with E-state index in [9.17, 15) is 8.78 Å². The minimum Gasteiger partial charge on any atom is -0.384 e. The Hall–Kier alpha value is -1.75. The molecule has 0 unspecified atom stereocenters. The molecule has 0 saturated carbocycles. The van der Waals surface area contributed by atoms with Gasteiger partial charge in [-0.1, -0.05) is 11.6 Å². The molecule has 0 bridgehead atoms. The van der Waals surface area contributed by atoms with Crippen molar-refractivity contribution in [2.45, 2.75) is 0 Å². The third-order valence-electron chi connectivity index (χ3n) is 1.94. The van der Waals surface area contributed by atoms with Crippen LogP contribution in [0, 0.1) is 11.8 Å². The predicted molar refractivity (Wildman–Crippen MR) is 56.8 cm³/mol. The third kappa shape index (κ3) is 1.94. The summed E-state index contributed by atoms with van der Waals surface area (Å²) in [4.78, 5) is 7.18. The Morgan fingerprint density at radius 2 is 2.00 bits per heavy atom. The van der Waals surface area contributed by atoms with Crippen molar-refractivity contribution < 1.29 is 8.78 Å². The van der Waals surface area contributed by atoms with E-state index in [1.165, 1.54) is 18.3 Å². The second-order valence-corrected chi connectivity index (χ2v) is 3.47. The van der Waals surface area contributed by atoms with Crippen LogP contribution in [0.4, 0.5) is 14.6 Å². The van der Waals surface area contributed by atoms with Gasteiger partial charge >= 0.3 is 0 Å². The van der Waals surface area contributed by atoms with Gasteiger partial charge in [-0.05, 0) is 12.1 Å². The van der Waals surface area contributed by atoms with Gasteiger partial charge in [0.15, 0.2) is 5.82 Å². The van der Waals surface area contributed by atoms with Crippen LogP contribution in [-0.4, -0.2) is 9.97 Å². The van der Waals surface area contributed by atoms with Crippen molar-refractivity contribution in [2.24, 2.45) is 0 Å². The van der Waals surface area contributed by atoms with E-state index >= 15 is 0 Å². The van der Waals surface area contributed by atoms with Gasteiger partial charge in [0.25, 0.3) is 0 Å². The van der Waals surface area contributed by atoms with Crippen LogP contribution >= 0.6 is 11.6 Å². The highest BCUT2D eigenvalue weighted by molar-refractivity contribution is 6.31. The van der Waals surface area contributed by atoms with Crippen LogP contribution in [0.3, 0.4) is 0 Å². The van der Waals surface area contributed by atoms with Gasteiger partial charge in [0.2, 0.25) is 5.95 Å². The van der Waals surface area contributed by atoms with Gasteiger partial charge in [-0.2, -0.15) is 4.39 Å². The van der Waals surface area contributed by atoms with E-state index in [1.54, 1.807) is 0 Å². The molecule has 3 nitrogen and oxygen atoms in total. The first kappa shape index (κ1) is 10.8. The number of aromatic nitrogens is 2. The molecule has 0 aliphatic heterocycles. The molecule has 0 radical (unpaired) electrons. The zero-order valence-electron chi connectivity index (χ0n) is 7.92. The Labute approximate surface area is 94.9 Å². The van der Waals surface area contributed by atoms with Crippen molar-refractivity contribution in [3.8, 4) is 11.3 Å². The highest BCUT2D eigenvalue weighted by atomic mass is 35.5. The first-order chi connectivity index (χ1) is 7.58. The van der Waals surface area contributed by atoms with Crippen molar-refractivity contribution in [2.75, 3.05) is 5.73 Å². The molecule has 0 fully saturated rings. The number of nitrogens with two attached hydrogens (primary N) is 1. The fourth-order valence-corrected chi connectivity index (χ4v) is 1.44. The molecule has 82 valence electrons. The van der Waals surface area contributed by atoms with Crippen LogP contribution in [-0.2, 0) is 0 Å². The van der Waals surface area contributed by atoms with Gasteiger partial charge in [-0.15, -0.1) is 0 Å². The van der Waals surface area contributed by atoms with Crippen molar-refractivity contribution in [1.82, 2.24) is 9.97 Å². The summed E-state index contributed by atoms with van der Waals surface area (Å²) in [5, 5.41) is -0.321. The second-order valence-electron chi connectivity index (χ2n) is 3.06. The maximum Gasteiger partial charge on any atom is 0.215 e. The summed E-state index contributed by atoms with van der Waals surface area (Å²) in [6.45, 7) is 0. The number of nitrogens with zero attached hydrogens (tertiary/aromatic N) is 2. The normalized spacial score (nSPS) is 10.4. The van der Waals surface area contributed by atoms with Crippen LogP contribution in [0.5, 0.6) is 0 Å². The molecule has 0 aliphatic rings. The van der Waals surface area contributed by atoms with Gasteiger partial charge in [-0.3, -0.25) is 0 Å². The number of nitrogen functional groups attached to an aromatic ring is 1. The molecule has 2 heterocycles. The largest absolute Gasteiger partial charge is 0.384 e. The van der Waals surface area contributed by atoms with Crippen LogP contribution in [0.15, 0.2) is 24.4 Å². The third-order valence-corrected chi connectivity index (χ3v) is 2.21. The summed E-state index contributed by atoms with van der Waals surface area (Å²) < 4.78 is 26.6. The van der Waals surface area contributed by atoms with Gasteiger partial charge in [0.05, 0.1) is 5.02 Å². The molecule has 2 aromatic rings. The number of hydrogen-bond donors (Lipinski definition) is 1. The average Bonchev–Trinajstić information content (AvgIpc) is 2.23. The molecule has 6 heteroatoms. The Balaban J connectivity index is 2.64. The maximum atomic E-state index is 13.6. The van der Waals surface area contributed by atoms with E-state index in [1.807, 2.05) is 0 Å².